The first-order chi connectivity index (χ1) is 14.0. The number of benzene rings is 1. The Morgan fingerprint density at radius 2 is 2.14 bits per heavy atom. The topological polar surface area (TPSA) is 82.6 Å². The predicted molar refractivity (Wildman–Crippen MR) is 107 cm³/mol. The summed E-state index contributed by atoms with van der Waals surface area (Å²) in [5.74, 6) is 0.555. The Labute approximate surface area is 167 Å². The molecule has 1 aromatic carbocycles. The minimum atomic E-state index is -0.717. The average Bonchev–Trinajstić information content (AvgIpc) is 3.49. The minimum absolute atomic E-state index is 0.0273. The van der Waals surface area contributed by atoms with Gasteiger partial charge in [0.2, 0.25) is 0 Å². The molecule has 1 aliphatic heterocycles. The highest BCUT2D eigenvalue weighted by Crippen LogP contribution is 2.53. The van der Waals surface area contributed by atoms with Crippen molar-refractivity contribution in [2.45, 2.75) is 31.4 Å². The lowest BCUT2D eigenvalue weighted by atomic mass is 9.85. The molecular weight excluding hydrogens is 371 g/mol. The Hall–Kier alpha value is -3.22. The van der Waals surface area contributed by atoms with E-state index in [2.05, 4.69) is 15.0 Å². The summed E-state index contributed by atoms with van der Waals surface area (Å²) in [4.78, 5) is 13.5. The third-order valence-corrected chi connectivity index (χ3v) is 5.90. The Balaban J connectivity index is 1.53. The van der Waals surface area contributed by atoms with Crippen molar-refractivity contribution in [1.29, 1.82) is 0 Å². The van der Waals surface area contributed by atoms with Gasteiger partial charge >= 0.3 is 0 Å². The molecule has 0 spiro atoms. The van der Waals surface area contributed by atoms with Gasteiger partial charge in [0.05, 0.1) is 30.1 Å². The third-order valence-electron chi connectivity index (χ3n) is 5.90. The summed E-state index contributed by atoms with van der Waals surface area (Å²) in [6.07, 6.45) is 4.82. The Morgan fingerprint density at radius 1 is 1.28 bits per heavy atom. The zero-order valence-electron chi connectivity index (χ0n) is 16.2. The van der Waals surface area contributed by atoms with Crippen LogP contribution >= 0.6 is 0 Å². The normalized spacial score (nSPS) is 25.1. The lowest BCUT2D eigenvalue weighted by Gasteiger charge is -2.30. The molecule has 3 heterocycles. The van der Waals surface area contributed by atoms with Crippen molar-refractivity contribution in [3.05, 3.63) is 65.4 Å². The van der Waals surface area contributed by atoms with E-state index in [-0.39, 0.29) is 23.9 Å². The summed E-state index contributed by atoms with van der Waals surface area (Å²) < 4.78 is 25.5. The van der Waals surface area contributed by atoms with Crippen LogP contribution in [0.2, 0.25) is 0 Å². The second kappa shape index (κ2) is 6.40. The summed E-state index contributed by atoms with van der Waals surface area (Å²) >= 11 is 0. The molecule has 0 unspecified atom stereocenters. The molecule has 29 heavy (non-hydrogen) atoms. The molecule has 5 rings (SSSR count). The standard InChI is InChI=1S/C22H21FN4O2/c1-22(16-10-19(16)29-21(24)27-22)15-7-12(3-4-17(15)23)8-18-20-13(5-6-25-18)9-14(28-2)11-26-20/h3-7,9,11,16,19H,8,10H2,1-2H3,(H2,24,27)/t16-,19+,22-/m0/s1. The highest BCUT2D eigenvalue weighted by Gasteiger charge is 2.57. The van der Waals surface area contributed by atoms with Gasteiger partial charge in [0.15, 0.2) is 0 Å². The second-order valence-corrected chi connectivity index (χ2v) is 7.79. The maximum atomic E-state index is 14.8. The van der Waals surface area contributed by atoms with E-state index in [9.17, 15) is 4.39 Å². The molecule has 148 valence electrons. The van der Waals surface area contributed by atoms with E-state index >= 15 is 0 Å². The predicted octanol–water partition coefficient (Wildman–Crippen LogP) is 3.32. The molecule has 1 aliphatic carbocycles. The number of hydrogen-bond donors (Lipinski definition) is 1. The van der Waals surface area contributed by atoms with Gasteiger partial charge in [0, 0.05) is 29.5 Å². The van der Waals surface area contributed by atoms with E-state index < -0.39 is 5.54 Å². The first-order valence-electron chi connectivity index (χ1n) is 9.56. The molecule has 0 bridgehead atoms. The third kappa shape index (κ3) is 2.97. The van der Waals surface area contributed by atoms with Gasteiger partial charge in [-0.1, -0.05) is 12.1 Å². The van der Waals surface area contributed by atoms with E-state index in [0.717, 1.165) is 28.6 Å². The van der Waals surface area contributed by atoms with Gasteiger partial charge < -0.3 is 15.2 Å². The highest BCUT2D eigenvalue weighted by atomic mass is 19.1. The van der Waals surface area contributed by atoms with Crippen LogP contribution in [0.5, 0.6) is 5.75 Å². The number of fused-ring (bicyclic) bond motifs is 2. The number of methoxy groups -OCH3 is 1. The van der Waals surface area contributed by atoms with E-state index in [1.165, 1.54) is 6.07 Å². The van der Waals surface area contributed by atoms with Gasteiger partial charge in [-0.2, -0.15) is 0 Å². The summed E-state index contributed by atoms with van der Waals surface area (Å²) in [6.45, 7) is 1.93. The number of rotatable bonds is 4. The summed E-state index contributed by atoms with van der Waals surface area (Å²) in [5, 5.41) is 0.950. The number of aliphatic imine (C=N–C) groups is 1. The molecule has 1 fully saturated rings. The molecule has 2 N–H and O–H groups in total. The van der Waals surface area contributed by atoms with Crippen LogP contribution in [0.25, 0.3) is 10.9 Å². The van der Waals surface area contributed by atoms with Crippen molar-refractivity contribution in [1.82, 2.24) is 9.97 Å². The van der Waals surface area contributed by atoms with Gasteiger partial charge in [0.25, 0.3) is 6.02 Å². The van der Waals surface area contributed by atoms with Crippen molar-refractivity contribution < 1.29 is 13.9 Å². The molecule has 6 nitrogen and oxygen atoms in total. The van der Waals surface area contributed by atoms with Crippen molar-refractivity contribution in [3.8, 4) is 5.75 Å². The minimum Gasteiger partial charge on any atom is -0.495 e. The summed E-state index contributed by atoms with van der Waals surface area (Å²) in [7, 11) is 1.61. The van der Waals surface area contributed by atoms with Crippen molar-refractivity contribution in [3.63, 3.8) is 0 Å². The first-order valence-corrected chi connectivity index (χ1v) is 9.56. The first kappa shape index (κ1) is 17.8. The molecule has 3 atom stereocenters. The fourth-order valence-electron chi connectivity index (χ4n) is 4.25. The number of ether oxygens (including phenoxy) is 2. The monoisotopic (exact) mass is 392 g/mol. The lowest BCUT2D eigenvalue weighted by Crippen LogP contribution is -2.35. The number of hydrogen-bond acceptors (Lipinski definition) is 6. The van der Waals surface area contributed by atoms with Crippen molar-refractivity contribution in [2.75, 3.05) is 7.11 Å². The summed E-state index contributed by atoms with van der Waals surface area (Å²) in [5.41, 5.74) is 8.24. The molecule has 0 amide bonds. The zero-order valence-corrected chi connectivity index (χ0v) is 16.2. The van der Waals surface area contributed by atoms with Crippen molar-refractivity contribution >= 4 is 16.9 Å². The fourth-order valence-corrected chi connectivity index (χ4v) is 4.25. The molecule has 2 aromatic heterocycles. The van der Waals surface area contributed by atoms with Gasteiger partial charge in [-0.15, -0.1) is 0 Å². The Morgan fingerprint density at radius 3 is 2.97 bits per heavy atom. The SMILES string of the molecule is COc1cnc2c(Cc3ccc(F)c([C@]4(C)N=C(N)O[C@@H]5C[C@@H]54)c3)nccc2c1. The van der Waals surface area contributed by atoms with Crippen LogP contribution in [0, 0.1) is 11.7 Å². The Bertz CT molecular complexity index is 1150. The van der Waals surface area contributed by atoms with Crippen LogP contribution in [-0.2, 0) is 16.7 Å². The number of aromatic nitrogens is 2. The number of pyridine rings is 2. The second-order valence-electron chi connectivity index (χ2n) is 7.79. The van der Waals surface area contributed by atoms with Gasteiger partial charge in [-0.25, -0.2) is 9.38 Å². The molecular formula is C22H21FN4O2. The Kier molecular flexibility index (Phi) is 3.94. The number of halogens is 1. The van der Waals surface area contributed by atoms with Crippen LogP contribution in [0.3, 0.4) is 0 Å². The molecule has 1 saturated carbocycles. The van der Waals surface area contributed by atoms with Crippen LogP contribution in [0.15, 0.2) is 47.7 Å². The molecule has 0 radical (unpaired) electrons. The molecule has 7 heteroatoms. The number of nitrogens with zero attached hydrogens (tertiary/aromatic N) is 3. The zero-order chi connectivity index (χ0) is 20.2. The molecule has 3 aromatic rings. The van der Waals surface area contributed by atoms with Crippen molar-refractivity contribution in [2.24, 2.45) is 16.6 Å². The van der Waals surface area contributed by atoms with Crippen LogP contribution in [0.4, 0.5) is 4.39 Å². The molecule has 2 aliphatic rings. The molecule has 0 saturated heterocycles. The van der Waals surface area contributed by atoms with Gasteiger partial charge in [0.1, 0.15) is 17.7 Å². The van der Waals surface area contributed by atoms with Crippen LogP contribution in [0.1, 0.15) is 30.2 Å². The number of nitrogens with two attached hydrogens (primary N) is 1. The highest BCUT2D eigenvalue weighted by molar-refractivity contribution is 5.81. The van der Waals surface area contributed by atoms with Gasteiger partial charge in [-0.05, 0) is 37.1 Å². The fraction of sp³-hybridized carbons (Fsp3) is 0.318. The quantitative estimate of drug-likeness (QED) is 0.737. The largest absolute Gasteiger partial charge is 0.495 e. The smallest absolute Gasteiger partial charge is 0.283 e. The lowest BCUT2D eigenvalue weighted by molar-refractivity contribution is 0.202. The van der Waals surface area contributed by atoms with E-state index in [0.29, 0.717) is 17.7 Å². The maximum Gasteiger partial charge on any atom is 0.283 e. The van der Waals surface area contributed by atoms with Crippen LogP contribution < -0.4 is 10.5 Å². The summed E-state index contributed by atoms with van der Waals surface area (Å²) in [6, 6.07) is 9.11. The van der Waals surface area contributed by atoms with E-state index in [1.54, 1.807) is 25.6 Å². The number of amidine groups is 1. The van der Waals surface area contributed by atoms with E-state index in [4.69, 9.17) is 15.2 Å². The van der Waals surface area contributed by atoms with E-state index in [1.807, 2.05) is 25.1 Å². The van der Waals surface area contributed by atoms with Crippen LogP contribution in [-0.4, -0.2) is 29.2 Å². The average molecular weight is 392 g/mol. The van der Waals surface area contributed by atoms with Gasteiger partial charge in [-0.3, -0.25) is 9.97 Å². The maximum absolute atomic E-state index is 14.8.